The first-order valence-electron chi connectivity index (χ1n) is 13.1. The minimum Gasteiger partial charge on any atom is -0.376 e. The van der Waals surface area contributed by atoms with Crippen LogP contribution in [0.15, 0.2) is 30.3 Å². The van der Waals surface area contributed by atoms with Crippen LogP contribution in [0.25, 0.3) is 0 Å². The first-order chi connectivity index (χ1) is 15.0. The van der Waals surface area contributed by atoms with Crippen LogP contribution in [0.2, 0.25) is 0 Å². The molecule has 0 aliphatic heterocycles. The Morgan fingerprint density at radius 2 is 1.65 bits per heavy atom. The predicted molar refractivity (Wildman–Crippen MR) is 134 cm³/mol. The van der Waals surface area contributed by atoms with E-state index in [-0.39, 0.29) is 5.41 Å². The highest BCUT2D eigenvalue weighted by atomic mass is 32.1. The van der Waals surface area contributed by atoms with Crippen molar-refractivity contribution < 1.29 is 0 Å². The van der Waals surface area contributed by atoms with Gasteiger partial charge in [-0.1, -0.05) is 62.8 Å². The zero-order valence-electron chi connectivity index (χ0n) is 19.7. The summed E-state index contributed by atoms with van der Waals surface area (Å²) in [4.78, 5) is 1.21. The second-order valence-electron chi connectivity index (χ2n) is 11.7. The number of thiocarbonyl (C=S) groups is 1. The molecule has 31 heavy (non-hydrogen) atoms. The fourth-order valence-corrected chi connectivity index (χ4v) is 9.31. The highest BCUT2D eigenvalue weighted by Gasteiger charge is 2.66. The zero-order valence-corrected chi connectivity index (χ0v) is 20.5. The minimum atomic E-state index is 0.211. The highest BCUT2D eigenvalue weighted by Crippen LogP contribution is 2.73. The molecule has 0 radical (unpaired) electrons. The van der Waals surface area contributed by atoms with Gasteiger partial charge in [-0.3, -0.25) is 0 Å². The first kappa shape index (κ1) is 21.9. The lowest BCUT2D eigenvalue weighted by Gasteiger charge is -2.70. The van der Waals surface area contributed by atoms with Gasteiger partial charge in [0.15, 0.2) is 0 Å². The molecule has 5 fully saturated rings. The molecule has 0 spiro atoms. The summed E-state index contributed by atoms with van der Waals surface area (Å²) >= 11 is 6.29. The van der Waals surface area contributed by atoms with E-state index in [0.29, 0.717) is 22.9 Å². The van der Waals surface area contributed by atoms with Gasteiger partial charge < -0.3 is 11.1 Å². The fourth-order valence-electron chi connectivity index (χ4n) is 8.91. The zero-order chi connectivity index (χ0) is 21.7. The number of nitrogens with one attached hydrogen (secondary N) is 1. The van der Waals surface area contributed by atoms with Crippen molar-refractivity contribution in [1.82, 2.24) is 5.32 Å². The third kappa shape index (κ3) is 3.50. The van der Waals surface area contributed by atoms with E-state index in [1.54, 1.807) is 5.56 Å². The minimum absolute atomic E-state index is 0.211. The maximum absolute atomic E-state index is 6.29. The largest absolute Gasteiger partial charge is 0.376 e. The number of hydrogen-bond donors (Lipinski definition) is 2. The molecule has 1 aromatic carbocycles. The van der Waals surface area contributed by atoms with Gasteiger partial charge in [0.2, 0.25) is 0 Å². The van der Waals surface area contributed by atoms with E-state index >= 15 is 0 Å². The standard InChI is InChI=1S/C28H42N2S/c1-3-14-28(4-2)21-15-26(20-8-6-5-7-9-20)16-22(28)18-27(17-21,19-26)25(31)30-24-12-10-23(29)11-13-24/h5-9,21-24H,3-4,10-19,29H2,1-2H3,(H,30,31)/t21?,22?,23-,24-,26?,27?,28?. The van der Waals surface area contributed by atoms with Crippen molar-refractivity contribution in [3.63, 3.8) is 0 Å². The van der Waals surface area contributed by atoms with E-state index < -0.39 is 0 Å². The molecule has 5 saturated carbocycles. The van der Waals surface area contributed by atoms with Crippen LogP contribution >= 0.6 is 12.2 Å². The molecular weight excluding hydrogens is 396 g/mol. The summed E-state index contributed by atoms with van der Waals surface area (Å²) in [6, 6.07) is 12.4. The molecule has 5 aliphatic rings. The van der Waals surface area contributed by atoms with Crippen molar-refractivity contribution in [2.45, 2.75) is 108 Å². The first-order valence-corrected chi connectivity index (χ1v) is 13.5. The van der Waals surface area contributed by atoms with Crippen LogP contribution in [0.5, 0.6) is 0 Å². The van der Waals surface area contributed by atoms with Gasteiger partial charge in [-0.15, -0.1) is 0 Å². The quantitative estimate of drug-likeness (QED) is 0.497. The summed E-state index contributed by atoms with van der Waals surface area (Å²) in [7, 11) is 0. The third-order valence-electron chi connectivity index (χ3n) is 10.2. The Morgan fingerprint density at radius 3 is 2.23 bits per heavy atom. The Hall–Kier alpha value is -0.930. The number of hydrogen-bond acceptors (Lipinski definition) is 2. The van der Waals surface area contributed by atoms with Crippen molar-refractivity contribution in [2.75, 3.05) is 0 Å². The van der Waals surface area contributed by atoms with Crippen molar-refractivity contribution in [3.8, 4) is 0 Å². The van der Waals surface area contributed by atoms with Crippen LogP contribution in [0, 0.1) is 22.7 Å². The molecule has 3 heteroatoms. The van der Waals surface area contributed by atoms with Gasteiger partial charge in [0, 0.05) is 17.5 Å². The molecule has 3 N–H and O–H groups in total. The molecule has 2 nitrogen and oxygen atoms in total. The Bertz CT molecular complexity index is 778. The van der Waals surface area contributed by atoms with Crippen LogP contribution in [0.1, 0.15) is 96.5 Å². The summed E-state index contributed by atoms with van der Waals surface area (Å²) < 4.78 is 0. The van der Waals surface area contributed by atoms with Gasteiger partial charge in [-0.05, 0) is 98.9 Å². The molecule has 2 atom stereocenters. The topological polar surface area (TPSA) is 38.0 Å². The van der Waals surface area contributed by atoms with Crippen molar-refractivity contribution in [2.24, 2.45) is 28.4 Å². The summed E-state index contributed by atoms with van der Waals surface area (Å²) in [6.07, 6.45) is 15.4. The highest BCUT2D eigenvalue weighted by molar-refractivity contribution is 7.80. The van der Waals surface area contributed by atoms with Gasteiger partial charge in [0.25, 0.3) is 0 Å². The number of nitrogens with two attached hydrogens (primary N) is 1. The molecule has 5 aliphatic carbocycles. The molecule has 170 valence electrons. The van der Waals surface area contributed by atoms with Crippen LogP contribution in [-0.4, -0.2) is 17.1 Å². The molecule has 1 aromatic rings. The lowest BCUT2D eigenvalue weighted by molar-refractivity contribution is -0.148. The van der Waals surface area contributed by atoms with Crippen LogP contribution in [-0.2, 0) is 5.41 Å². The van der Waals surface area contributed by atoms with E-state index in [1.165, 1.54) is 69.2 Å². The maximum Gasteiger partial charge on any atom is 0.0818 e. The number of rotatable bonds is 6. The summed E-state index contributed by atoms with van der Waals surface area (Å²) in [6.45, 7) is 4.87. The molecule has 4 bridgehead atoms. The smallest absolute Gasteiger partial charge is 0.0818 e. The van der Waals surface area contributed by atoms with Crippen LogP contribution in [0.3, 0.4) is 0 Å². The molecule has 0 aromatic heterocycles. The summed E-state index contributed by atoms with van der Waals surface area (Å²) in [5.74, 6) is 1.64. The lowest BCUT2D eigenvalue weighted by atomic mass is 9.35. The van der Waals surface area contributed by atoms with E-state index in [2.05, 4.69) is 49.5 Å². The van der Waals surface area contributed by atoms with Gasteiger partial charge >= 0.3 is 0 Å². The average molecular weight is 439 g/mol. The SMILES string of the molecule is CCCC1(CC)C2CC3(C(=S)N[C@H]4CC[C@H](N)CC4)CC1CC(c1ccccc1)(C2)C3. The third-order valence-corrected chi connectivity index (χ3v) is 10.8. The Morgan fingerprint density at radius 1 is 1.00 bits per heavy atom. The molecule has 2 unspecified atom stereocenters. The fraction of sp³-hybridized carbons (Fsp3) is 0.750. The molecule has 0 heterocycles. The second kappa shape index (κ2) is 8.13. The Balaban J connectivity index is 1.47. The average Bonchev–Trinajstić information content (AvgIpc) is 2.78. The molecular formula is C28H42N2S. The lowest BCUT2D eigenvalue weighted by Crippen LogP contribution is -2.65. The Labute approximate surface area is 195 Å². The van der Waals surface area contributed by atoms with Crippen LogP contribution < -0.4 is 11.1 Å². The van der Waals surface area contributed by atoms with Gasteiger partial charge in [0.05, 0.1) is 4.99 Å². The molecule has 0 amide bonds. The van der Waals surface area contributed by atoms with Gasteiger partial charge in [0.1, 0.15) is 0 Å². The van der Waals surface area contributed by atoms with Gasteiger partial charge in [-0.25, -0.2) is 0 Å². The van der Waals surface area contributed by atoms with E-state index in [0.717, 1.165) is 24.7 Å². The Kier molecular flexibility index (Phi) is 5.74. The van der Waals surface area contributed by atoms with E-state index in [4.69, 9.17) is 18.0 Å². The summed E-state index contributed by atoms with van der Waals surface area (Å²) in [5, 5.41) is 3.92. The van der Waals surface area contributed by atoms with Gasteiger partial charge in [-0.2, -0.15) is 0 Å². The monoisotopic (exact) mass is 438 g/mol. The second-order valence-corrected chi connectivity index (χ2v) is 12.1. The van der Waals surface area contributed by atoms with Crippen molar-refractivity contribution in [1.29, 1.82) is 0 Å². The number of benzene rings is 1. The van der Waals surface area contributed by atoms with E-state index in [9.17, 15) is 0 Å². The van der Waals surface area contributed by atoms with Crippen LogP contribution in [0.4, 0.5) is 0 Å². The maximum atomic E-state index is 6.29. The van der Waals surface area contributed by atoms with Crippen molar-refractivity contribution in [3.05, 3.63) is 35.9 Å². The summed E-state index contributed by atoms with van der Waals surface area (Å²) in [5.41, 5.74) is 8.84. The predicted octanol–water partition coefficient (Wildman–Crippen LogP) is 6.52. The van der Waals surface area contributed by atoms with E-state index in [1.807, 2.05) is 0 Å². The molecule has 0 saturated heterocycles. The normalized spacial score (nSPS) is 43.7. The molecule has 6 rings (SSSR count). The van der Waals surface area contributed by atoms with Crippen molar-refractivity contribution >= 4 is 17.2 Å².